The van der Waals surface area contributed by atoms with Gasteiger partial charge in [-0.25, -0.2) is 8.78 Å². The number of rotatable bonds is 4. The van der Waals surface area contributed by atoms with Crippen LogP contribution in [0.3, 0.4) is 0 Å². The van der Waals surface area contributed by atoms with Crippen LogP contribution in [-0.2, 0) is 6.42 Å². The molecule has 0 radical (unpaired) electrons. The summed E-state index contributed by atoms with van der Waals surface area (Å²) in [5.41, 5.74) is 4.72. The van der Waals surface area contributed by atoms with E-state index >= 15 is 0 Å². The molecule has 19 heavy (non-hydrogen) atoms. The van der Waals surface area contributed by atoms with Gasteiger partial charge in [-0.15, -0.1) is 0 Å². The number of pyridine rings is 1. The van der Waals surface area contributed by atoms with E-state index in [9.17, 15) is 8.78 Å². The summed E-state index contributed by atoms with van der Waals surface area (Å²) in [6.45, 7) is 1.91. The Hall–Kier alpha value is -1.85. The summed E-state index contributed by atoms with van der Waals surface area (Å²) >= 11 is 0. The minimum atomic E-state index is -0.463. The molecule has 2 aromatic rings. The second kappa shape index (κ2) is 5.86. The normalized spacial score (nSPS) is 12.4. The second-order valence-corrected chi connectivity index (χ2v) is 4.45. The van der Waals surface area contributed by atoms with Gasteiger partial charge in [0.1, 0.15) is 11.6 Å². The Morgan fingerprint density at radius 1 is 1.26 bits per heavy atom. The van der Waals surface area contributed by atoms with Crippen molar-refractivity contribution in [3.8, 4) is 0 Å². The predicted molar refractivity (Wildman–Crippen MR) is 69.1 cm³/mol. The lowest BCUT2D eigenvalue weighted by Crippen LogP contribution is -2.30. The summed E-state index contributed by atoms with van der Waals surface area (Å²) in [4.78, 5) is 4.07. The molecule has 0 spiro atoms. The van der Waals surface area contributed by atoms with Gasteiger partial charge in [-0.1, -0.05) is 6.07 Å². The summed E-state index contributed by atoms with van der Waals surface area (Å²) in [5, 5.41) is 0. The number of hydrogen-bond acceptors (Lipinski definition) is 3. The Kier molecular flexibility index (Phi) is 4.19. The molecule has 0 saturated heterocycles. The maximum Gasteiger partial charge on any atom is 0.126 e. The first-order valence-electron chi connectivity index (χ1n) is 5.91. The van der Waals surface area contributed by atoms with Gasteiger partial charge in [-0.3, -0.25) is 16.3 Å². The van der Waals surface area contributed by atoms with Gasteiger partial charge >= 0.3 is 0 Å². The Morgan fingerprint density at radius 3 is 2.74 bits per heavy atom. The van der Waals surface area contributed by atoms with Gasteiger partial charge in [0, 0.05) is 12.4 Å². The predicted octanol–water partition coefficient (Wildman–Crippen LogP) is 2.42. The lowest BCUT2D eigenvalue weighted by molar-refractivity contribution is 0.521. The number of halogens is 2. The highest BCUT2D eigenvalue weighted by atomic mass is 19.1. The first-order valence-corrected chi connectivity index (χ1v) is 5.91. The molecule has 0 aliphatic carbocycles. The summed E-state index contributed by atoms with van der Waals surface area (Å²) in [6, 6.07) is 4.99. The molecule has 1 unspecified atom stereocenters. The van der Waals surface area contributed by atoms with E-state index in [0.717, 1.165) is 23.3 Å². The fourth-order valence-electron chi connectivity index (χ4n) is 1.96. The molecular formula is C14H15F2N3. The number of nitrogens with one attached hydrogen (secondary N) is 1. The van der Waals surface area contributed by atoms with Crippen molar-refractivity contribution in [2.45, 2.75) is 19.4 Å². The highest BCUT2D eigenvalue weighted by molar-refractivity contribution is 5.25. The van der Waals surface area contributed by atoms with Crippen molar-refractivity contribution < 1.29 is 8.78 Å². The Morgan fingerprint density at radius 2 is 2.05 bits per heavy atom. The van der Waals surface area contributed by atoms with Gasteiger partial charge in [0.25, 0.3) is 0 Å². The number of nitrogens with zero attached hydrogens (tertiary/aromatic N) is 1. The molecule has 3 N–H and O–H groups in total. The van der Waals surface area contributed by atoms with Crippen LogP contribution in [0.4, 0.5) is 8.78 Å². The molecule has 5 heteroatoms. The zero-order chi connectivity index (χ0) is 13.8. The second-order valence-electron chi connectivity index (χ2n) is 4.45. The zero-order valence-corrected chi connectivity index (χ0v) is 10.5. The number of hydrogen-bond donors (Lipinski definition) is 2. The molecule has 3 nitrogen and oxygen atoms in total. The van der Waals surface area contributed by atoms with Crippen LogP contribution in [-0.4, -0.2) is 4.98 Å². The molecule has 100 valence electrons. The van der Waals surface area contributed by atoms with Crippen LogP contribution in [0.2, 0.25) is 0 Å². The molecule has 0 fully saturated rings. The number of nitrogens with two attached hydrogens (primary N) is 1. The average molecular weight is 263 g/mol. The molecule has 1 aromatic carbocycles. The Balaban J connectivity index is 2.26. The molecule has 0 aliphatic heterocycles. The van der Waals surface area contributed by atoms with Crippen LogP contribution in [0, 0.1) is 18.6 Å². The van der Waals surface area contributed by atoms with Crippen LogP contribution in [0.25, 0.3) is 0 Å². The van der Waals surface area contributed by atoms with Crippen molar-refractivity contribution >= 4 is 0 Å². The number of benzene rings is 1. The van der Waals surface area contributed by atoms with E-state index in [1.807, 2.05) is 13.0 Å². The third kappa shape index (κ3) is 3.33. The minimum Gasteiger partial charge on any atom is -0.271 e. The molecule has 1 atom stereocenters. The smallest absolute Gasteiger partial charge is 0.126 e. The van der Waals surface area contributed by atoms with E-state index in [1.165, 1.54) is 6.07 Å². The van der Waals surface area contributed by atoms with E-state index in [0.29, 0.717) is 0 Å². The Labute approximate surface area is 110 Å². The number of hydrazine groups is 1. The van der Waals surface area contributed by atoms with Crippen LogP contribution < -0.4 is 11.3 Å². The summed E-state index contributed by atoms with van der Waals surface area (Å²) in [7, 11) is 0. The maximum atomic E-state index is 13.6. The van der Waals surface area contributed by atoms with Crippen LogP contribution in [0.15, 0.2) is 36.7 Å². The molecule has 0 aliphatic rings. The molecule has 1 heterocycles. The molecule has 0 amide bonds. The quantitative estimate of drug-likeness (QED) is 0.658. The highest BCUT2D eigenvalue weighted by Crippen LogP contribution is 2.20. The van der Waals surface area contributed by atoms with Gasteiger partial charge in [0.15, 0.2) is 0 Å². The van der Waals surface area contributed by atoms with E-state index in [1.54, 1.807) is 12.4 Å². The molecule has 0 saturated carbocycles. The number of aryl methyl sites for hydroxylation is 1. The van der Waals surface area contributed by atoms with Crippen molar-refractivity contribution in [2.75, 3.05) is 0 Å². The topological polar surface area (TPSA) is 50.9 Å². The minimum absolute atomic E-state index is 0.255. The molecule has 1 aromatic heterocycles. The summed E-state index contributed by atoms with van der Waals surface area (Å²) in [5.74, 6) is 4.59. The van der Waals surface area contributed by atoms with Gasteiger partial charge in [0.05, 0.1) is 6.04 Å². The van der Waals surface area contributed by atoms with Crippen molar-refractivity contribution in [2.24, 2.45) is 5.84 Å². The first-order chi connectivity index (χ1) is 9.10. The van der Waals surface area contributed by atoms with E-state index in [4.69, 9.17) is 5.84 Å². The largest absolute Gasteiger partial charge is 0.271 e. The van der Waals surface area contributed by atoms with Crippen molar-refractivity contribution in [3.05, 3.63) is 65.0 Å². The third-order valence-corrected chi connectivity index (χ3v) is 2.93. The van der Waals surface area contributed by atoms with E-state index in [2.05, 4.69) is 10.4 Å². The molecular weight excluding hydrogens is 248 g/mol. The first kappa shape index (κ1) is 13.6. The van der Waals surface area contributed by atoms with Gasteiger partial charge < -0.3 is 0 Å². The fraction of sp³-hybridized carbons (Fsp3) is 0.214. The van der Waals surface area contributed by atoms with Gasteiger partial charge in [0.2, 0.25) is 0 Å². The van der Waals surface area contributed by atoms with E-state index < -0.39 is 11.6 Å². The van der Waals surface area contributed by atoms with Crippen LogP contribution >= 0.6 is 0 Å². The van der Waals surface area contributed by atoms with Crippen molar-refractivity contribution in [3.63, 3.8) is 0 Å². The molecule has 0 bridgehead atoms. The highest BCUT2D eigenvalue weighted by Gasteiger charge is 2.14. The van der Waals surface area contributed by atoms with E-state index in [-0.39, 0.29) is 18.0 Å². The number of aromatic nitrogens is 1. The lowest BCUT2D eigenvalue weighted by atomic mass is 9.99. The van der Waals surface area contributed by atoms with Gasteiger partial charge in [-0.05, 0) is 48.2 Å². The van der Waals surface area contributed by atoms with Crippen molar-refractivity contribution in [1.29, 1.82) is 0 Å². The summed E-state index contributed by atoms with van der Waals surface area (Å²) < 4.78 is 26.7. The monoisotopic (exact) mass is 263 g/mol. The van der Waals surface area contributed by atoms with Crippen LogP contribution in [0.1, 0.15) is 22.7 Å². The standard InChI is InChI=1S/C14H15F2N3/c1-9-4-11(8-18-7-9)14(19-17)6-10-5-12(15)2-3-13(10)16/h2-5,7-8,14,19H,6,17H2,1H3. The SMILES string of the molecule is Cc1cncc(C(Cc2cc(F)ccc2F)NN)c1. The average Bonchev–Trinajstić information content (AvgIpc) is 2.39. The zero-order valence-electron chi connectivity index (χ0n) is 10.5. The lowest BCUT2D eigenvalue weighted by Gasteiger charge is -2.17. The van der Waals surface area contributed by atoms with Gasteiger partial charge in [-0.2, -0.15) is 0 Å². The summed E-state index contributed by atoms with van der Waals surface area (Å²) in [6.07, 6.45) is 3.64. The third-order valence-electron chi connectivity index (χ3n) is 2.93. The van der Waals surface area contributed by atoms with Crippen molar-refractivity contribution in [1.82, 2.24) is 10.4 Å². The van der Waals surface area contributed by atoms with Crippen LogP contribution in [0.5, 0.6) is 0 Å². The Bertz CT molecular complexity index is 572. The maximum absolute atomic E-state index is 13.6. The molecule has 2 rings (SSSR count). The fourth-order valence-corrected chi connectivity index (χ4v) is 1.96.